The van der Waals surface area contributed by atoms with Gasteiger partial charge in [0.1, 0.15) is 0 Å². The zero-order chi connectivity index (χ0) is 23.8. The molecular formula is C29H22N2O3. The lowest BCUT2D eigenvalue weighted by Crippen LogP contribution is -2.36. The Kier molecular flexibility index (Phi) is 7.06. The molecular weight excluding hydrogens is 424 g/mol. The van der Waals surface area contributed by atoms with E-state index >= 15 is 0 Å². The Balaban J connectivity index is 0.000000636. The van der Waals surface area contributed by atoms with E-state index in [0.29, 0.717) is 0 Å². The molecule has 1 aromatic heterocycles. The molecule has 0 bridgehead atoms. The number of pyridine rings is 1. The number of rotatable bonds is 4. The van der Waals surface area contributed by atoms with Crippen LogP contribution < -0.4 is 4.57 Å². The number of nitrogens with zero attached hydrogens (tertiary/aromatic N) is 2. The average molecular weight is 447 g/mol. The molecule has 5 heteroatoms. The van der Waals surface area contributed by atoms with Crippen molar-refractivity contribution in [1.29, 1.82) is 0 Å². The molecule has 5 rings (SSSR count). The maximum Gasteiger partial charge on any atom is 0.219 e. The maximum atomic E-state index is 8.25. The molecule has 0 spiro atoms. The van der Waals surface area contributed by atoms with Crippen LogP contribution in [0.1, 0.15) is 0 Å². The number of aromatic nitrogens is 1. The first-order chi connectivity index (χ1) is 16.6. The van der Waals surface area contributed by atoms with E-state index < -0.39 is 5.09 Å². The predicted molar refractivity (Wildman–Crippen MR) is 135 cm³/mol. The first kappa shape index (κ1) is 22.4. The minimum atomic E-state index is -1.75. The zero-order valence-electron chi connectivity index (χ0n) is 18.3. The first-order valence-corrected chi connectivity index (χ1v) is 10.8. The predicted octanol–water partition coefficient (Wildman–Crippen LogP) is 6.73. The molecule has 0 radical (unpaired) electrons. The van der Waals surface area contributed by atoms with E-state index in [0.717, 1.165) is 5.69 Å². The van der Waals surface area contributed by atoms with Crippen LogP contribution in [0.4, 0.5) is 0 Å². The number of para-hydroxylation sites is 1. The summed E-state index contributed by atoms with van der Waals surface area (Å²) in [5.74, 6) is 0. The van der Waals surface area contributed by atoms with Crippen molar-refractivity contribution in [3.05, 3.63) is 149 Å². The molecule has 0 saturated heterocycles. The quantitative estimate of drug-likeness (QED) is 0.175. The molecule has 0 saturated carbocycles. The van der Waals surface area contributed by atoms with Gasteiger partial charge in [-0.15, -0.1) is 0 Å². The summed E-state index contributed by atoms with van der Waals surface area (Å²) >= 11 is 0. The molecule has 4 aromatic carbocycles. The number of hydrogen-bond donors (Lipinski definition) is 0. The van der Waals surface area contributed by atoms with Gasteiger partial charge in [-0.05, 0) is 35.4 Å². The van der Waals surface area contributed by atoms with Crippen molar-refractivity contribution in [3.63, 3.8) is 0 Å². The maximum absolute atomic E-state index is 8.25. The van der Waals surface area contributed by atoms with Crippen LogP contribution in [-0.4, -0.2) is 5.09 Å². The molecule has 0 N–H and O–H groups in total. The van der Waals surface area contributed by atoms with E-state index in [-0.39, 0.29) is 0 Å². The fraction of sp³-hybridized carbons (Fsp3) is 0. The van der Waals surface area contributed by atoms with Crippen molar-refractivity contribution in [2.75, 3.05) is 0 Å². The van der Waals surface area contributed by atoms with Gasteiger partial charge in [0.15, 0.2) is 0 Å². The average Bonchev–Trinajstić information content (AvgIpc) is 2.90. The summed E-state index contributed by atoms with van der Waals surface area (Å²) in [6.07, 6.45) is 0. The molecule has 0 atom stereocenters. The molecule has 0 unspecified atom stereocenters. The zero-order valence-corrected chi connectivity index (χ0v) is 18.3. The summed E-state index contributed by atoms with van der Waals surface area (Å²) in [5, 5.41) is 14.8. The van der Waals surface area contributed by atoms with Crippen LogP contribution in [0.2, 0.25) is 0 Å². The van der Waals surface area contributed by atoms with Crippen molar-refractivity contribution in [3.8, 4) is 39.3 Å². The van der Waals surface area contributed by atoms with Crippen LogP contribution in [0, 0.1) is 15.3 Å². The van der Waals surface area contributed by atoms with E-state index in [1.54, 1.807) is 0 Å². The van der Waals surface area contributed by atoms with Crippen LogP contribution in [0.25, 0.3) is 39.3 Å². The van der Waals surface area contributed by atoms with Crippen molar-refractivity contribution >= 4 is 0 Å². The summed E-state index contributed by atoms with van der Waals surface area (Å²) in [7, 11) is 0. The highest BCUT2D eigenvalue weighted by Gasteiger charge is 2.24. The minimum absolute atomic E-state index is 1.15. The molecule has 0 amide bonds. The third kappa shape index (κ3) is 5.34. The molecule has 0 aliphatic carbocycles. The molecule has 5 aromatic rings. The van der Waals surface area contributed by atoms with Gasteiger partial charge in [0.25, 0.3) is 0 Å². The van der Waals surface area contributed by atoms with Crippen LogP contribution in [-0.2, 0) is 0 Å². The topological polar surface area (TPSA) is 70.1 Å². The highest BCUT2D eigenvalue weighted by molar-refractivity contribution is 5.74. The van der Waals surface area contributed by atoms with Crippen LogP contribution >= 0.6 is 0 Å². The van der Waals surface area contributed by atoms with Crippen LogP contribution in [0.5, 0.6) is 0 Å². The SMILES string of the molecule is O=[N+]([O-])[O-].c1ccc(-c2cc(-c3ccccc3)[n+](-c3ccccc3)c(-c3ccccc3)c2)cc1. The van der Waals surface area contributed by atoms with Crippen LogP contribution in [0.15, 0.2) is 133 Å². The van der Waals surface area contributed by atoms with Crippen molar-refractivity contribution < 1.29 is 9.65 Å². The normalized spacial score (nSPS) is 10.1. The molecule has 0 aliphatic heterocycles. The largest absolute Gasteiger partial charge is 0.356 e. The van der Waals surface area contributed by atoms with Gasteiger partial charge < -0.3 is 15.3 Å². The van der Waals surface area contributed by atoms with Crippen LogP contribution in [0.3, 0.4) is 0 Å². The van der Waals surface area contributed by atoms with E-state index in [1.807, 2.05) is 0 Å². The fourth-order valence-corrected chi connectivity index (χ4v) is 3.89. The van der Waals surface area contributed by atoms with Gasteiger partial charge in [-0.3, -0.25) is 0 Å². The summed E-state index contributed by atoms with van der Waals surface area (Å²) in [5.41, 5.74) is 8.29. The van der Waals surface area contributed by atoms with Crippen molar-refractivity contribution in [2.45, 2.75) is 0 Å². The smallest absolute Gasteiger partial charge is 0.219 e. The number of benzene rings is 4. The summed E-state index contributed by atoms with van der Waals surface area (Å²) < 4.78 is 2.36. The third-order valence-corrected chi connectivity index (χ3v) is 5.33. The van der Waals surface area contributed by atoms with E-state index in [4.69, 9.17) is 15.3 Å². The fourth-order valence-electron chi connectivity index (χ4n) is 3.89. The van der Waals surface area contributed by atoms with Gasteiger partial charge in [0.05, 0.1) is 5.09 Å². The number of hydrogen-bond acceptors (Lipinski definition) is 3. The summed E-state index contributed by atoms with van der Waals surface area (Å²) in [6.45, 7) is 0. The standard InChI is InChI=1S/C29H22N.NO3/c1-5-13-23(14-6-1)26-21-28(24-15-7-2-8-16-24)30(27-19-11-4-12-20-27)29(22-26)25-17-9-3-10-18-25;2-1(3)4/h1-22H;/q+1;-1. The molecule has 0 aliphatic rings. The van der Waals surface area contributed by atoms with Gasteiger partial charge in [0, 0.05) is 35.4 Å². The second kappa shape index (κ2) is 10.7. The minimum Gasteiger partial charge on any atom is -0.356 e. The van der Waals surface area contributed by atoms with Gasteiger partial charge in [0.2, 0.25) is 17.1 Å². The second-order valence-electron chi connectivity index (χ2n) is 7.51. The lowest BCUT2D eigenvalue weighted by atomic mass is 9.98. The highest BCUT2D eigenvalue weighted by atomic mass is 16.9. The molecule has 1 heterocycles. The Morgan fingerprint density at radius 3 is 1.18 bits per heavy atom. The van der Waals surface area contributed by atoms with Gasteiger partial charge in [-0.1, -0.05) is 84.9 Å². The van der Waals surface area contributed by atoms with E-state index in [9.17, 15) is 0 Å². The Morgan fingerprint density at radius 1 is 0.471 bits per heavy atom. The van der Waals surface area contributed by atoms with Crippen molar-refractivity contribution in [2.24, 2.45) is 0 Å². The molecule has 166 valence electrons. The molecule has 5 nitrogen and oxygen atoms in total. The molecule has 0 fully saturated rings. The monoisotopic (exact) mass is 446 g/mol. The highest BCUT2D eigenvalue weighted by Crippen LogP contribution is 2.30. The van der Waals surface area contributed by atoms with E-state index in [1.165, 1.54) is 33.6 Å². The van der Waals surface area contributed by atoms with E-state index in [2.05, 4.69) is 138 Å². The van der Waals surface area contributed by atoms with Gasteiger partial charge in [-0.2, -0.15) is 4.57 Å². The second-order valence-corrected chi connectivity index (χ2v) is 7.51. The summed E-state index contributed by atoms with van der Waals surface area (Å²) in [4.78, 5) is 8.25. The lowest BCUT2D eigenvalue weighted by molar-refractivity contribution is -0.572. The van der Waals surface area contributed by atoms with Gasteiger partial charge in [-0.25, -0.2) is 0 Å². The Hall–Kier alpha value is -4.77. The first-order valence-electron chi connectivity index (χ1n) is 10.8. The Bertz CT molecular complexity index is 1290. The third-order valence-electron chi connectivity index (χ3n) is 5.33. The lowest BCUT2D eigenvalue weighted by Gasteiger charge is -2.12. The van der Waals surface area contributed by atoms with Crippen molar-refractivity contribution in [1.82, 2.24) is 0 Å². The molecule has 34 heavy (non-hydrogen) atoms. The summed E-state index contributed by atoms with van der Waals surface area (Å²) in [6, 6.07) is 47.0. The Morgan fingerprint density at radius 2 is 0.794 bits per heavy atom. The Labute approximate surface area is 197 Å². The van der Waals surface area contributed by atoms with Gasteiger partial charge >= 0.3 is 0 Å².